The molecule has 51 heavy (non-hydrogen) atoms. The molecule has 4 saturated carbocycles. The maximum Gasteiger partial charge on any atom is 0.319 e. The Balaban J connectivity index is 1.30. The molecule has 8 nitrogen and oxygen atoms in total. The molecule has 0 saturated heterocycles. The van der Waals surface area contributed by atoms with Gasteiger partial charge < -0.3 is 14.2 Å². The van der Waals surface area contributed by atoms with E-state index in [2.05, 4.69) is 54.5 Å². The first-order valence-corrected chi connectivity index (χ1v) is 19.2. The fourth-order valence-electron chi connectivity index (χ4n) is 12.6. The van der Waals surface area contributed by atoms with Gasteiger partial charge in [-0.3, -0.25) is 24.1 Å². The Hall–Kier alpha value is -3.00. The third kappa shape index (κ3) is 5.99. The van der Waals surface area contributed by atoms with Crippen LogP contribution in [0.3, 0.4) is 0 Å². The number of hydrogen-bond acceptors (Lipinski definition) is 8. The Morgan fingerprint density at radius 2 is 1.43 bits per heavy atom. The summed E-state index contributed by atoms with van der Waals surface area (Å²) in [6.07, 6.45) is 10.1. The molecule has 0 spiro atoms. The van der Waals surface area contributed by atoms with E-state index in [4.69, 9.17) is 14.2 Å². The van der Waals surface area contributed by atoms with Gasteiger partial charge in [0.2, 0.25) is 0 Å². The molecule has 1 aromatic carbocycles. The standard InChI is InChI=1S/C43H61NO7/c1-38(2)32-15-18-43(7)36(41(32,5)17-16-33(38)44(25-34(46)49-8)26-35(47)50-9)31(45)23-29-30-24-40(4,20-19-39(30,3)21-22-42(29,43)6)37(48)51-27-28-13-11-10-12-14-28/h10-14,23,30,32-33,36H,15-22,24-27H2,1-9H3/t30-,32-,33-,36+,39+,40-,41-,42+,43+/m0/s1. The van der Waals surface area contributed by atoms with Gasteiger partial charge >= 0.3 is 17.9 Å². The van der Waals surface area contributed by atoms with Crippen LogP contribution in [-0.4, -0.2) is 61.9 Å². The van der Waals surface area contributed by atoms with E-state index < -0.39 is 5.41 Å². The van der Waals surface area contributed by atoms with Gasteiger partial charge in [-0.2, -0.15) is 0 Å². The van der Waals surface area contributed by atoms with Crippen molar-refractivity contribution in [2.75, 3.05) is 27.3 Å². The Kier molecular flexibility index (Phi) is 9.73. The lowest BCUT2D eigenvalue weighted by molar-refractivity contribution is -0.197. The first-order chi connectivity index (χ1) is 23.9. The number of allylic oxidation sites excluding steroid dienone is 2. The second-order valence-electron chi connectivity index (χ2n) is 18.7. The molecule has 0 radical (unpaired) electrons. The number of rotatable bonds is 8. The molecule has 0 unspecified atom stereocenters. The number of nitrogens with zero attached hydrogens (tertiary/aromatic N) is 1. The van der Waals surface area contributed by atoms with Crippen molar-refractivity contribution in [1.29, 1.82) is 0 Å². The lowest BCUT2D eigenvalue weighted by atomic mass is 9.33. The second-order valence-corrected chi connectivity index (χ2v) is 18.7. The zero-order valence-corrected chi connectivity index (χ0v) is 32.6. The summed E-state index contributed by atoms with van der Waals surface area (Å²) in [5, 5.41) is 0. The van der Waals surface area contributed by atoms with Gasteiger partial charge in [0.15, 0.2) is 5.78 Å². The van der Waals surface area contributed by atoms with E-state index >= 15 is 0 Å². The van der Waals surface area contributed by atoms with Gasteiger partial charge in [-0.15, -0.1) is 0 Å². The lowest BCUT2D eigenvalue weighted by Crippen LogP contribution is -2.68. The molecule has 0 aromatic heterocycles. The highest BCUT2D eigenvalue weighted by atomic mass is 16.5. The summed E-state index contributed by atoms with van der Waals surface area (Å²) in [5.74, 6) is -0.414. The number of ketones is 1. The number of methoxy groups -OCH3 is 2. The highest BCUT2D eigenvalue weighted by molar-refractivity contribution is 5.95. The van der Waals surface area contributed by atoms with Crippen molar-refractivity contribution in [2.45, 2.75) is 119 Å². The molecule has 5 aliphatic rings. The van der Waals surface area contributed by atoms with Gasteiger partial charge in [-0.25, -0.2) is 0 Å². The normalized spacial score (nSPS) is 39.7. The molecule has 9 atom stereocenters. The van der Waals surface area contributed by atoms with Gasteiger partial charge in [-0.05, 0) is 115 Å². The van der Waals surface area contributed by atoms with Crippen molar-refractivity contribution in [3.8, 4) is 0 Å². The molecule has 0 amide bonds. The zero-order chi connectivity index (χ0) is 37.2. The van der Waals surface area contributed by atoms with Gasteiger partial charge in [0.25, 0.3) is 0 Å². The summed E-state index contributed by atoms with van der Waals surface area (Å²) in [5.41, 5.74) is 0.767. The monoisotopic (exact) mass is 703 g/mol. The van der Waals surface area contributed by atoms with Crippen LogP contribution in [0.4, 0.5) is 0 Å². The summed E-state index contributed by atoms with van der Waals surface area (Å²) in [7, 11) is 2.75. The van der Waals surface area contributed by atoms with Crippen molar-refractivity contribution in [2.24, 2.45) is 50.2 Å². The molecule has 6 rings (SSSR count). The van der Waals surface area contributed by atoms with Crippen LogP contribution >= 0.6 is 0 Å². The first-order valence-electron chi connectivity index (χ1n) is 19.2. The maximum absolute atomic E-state index is 14.9. The maximum atomic E-state index is 14.9. The van der Waals surface area contributed by atoms with Crippen LogP contribution in [0.5, 0.6) is 0 Å². The van der Waals surface area contributed by atoms with E-state index in [1.165, 1.54) is 19.8 Å². The second kappa shape index (κ2) is 13.1. The summed E-state index contributed by atoms with van der Waals surface area (Å²) in [4.78, 5) is 55.7. The molecule has 0 bridgehead atoms. The molecule has 0 aliphatic heterocycles. The van der Waals surface area contributed by atoms with Gasteiger partial charge in [0.1, 0.15) is 6.61 Å². The Bertz CT molecular complexity index is 1570. The molecule has 5 aliphatic carbocycles. The van der Waals surface area contributed by atoms with Crippen LogP contribution in [-0.2, 0) is 40.0 Å². The molecular formula is C43H61NO7. The zero-order valence-electron chi connectivity index (χ0n) is 32.6. The molecule has 8 heteroatoms. The topological polar surface area (TPSA) is 99.2 Å². The average Bonchev–Trinajstić information content (AvgIpc) is 3.08. The molecule has 0 N–H and O–H groups in total. The van der Waals surface area contributed by atoms with Crippen LogP contribution in [0, 0.1) is 50.2 Å². The Morgan fingerprint density at radius 1 is 0.804 bits per heavy atom. The number of hydrogen-bond donors (Lipinski definition) is 0. The molecular weight excluding hydrogens is 642 g/mol. The van der Waals surface area contributed by atoms with Gasteiger partial charge in [0, 0.05) is 12.0 Å². The Labute approximate surface area is 305 Å². The fraction of sp³-hybridized carbons (Fsp3) is 0.721. The minimum atomic E-state index is -0.606. The summed E-state index contributed by atoms with van der Waals surface area (Å²) < 4.78 is 16.0. The average molecular weight is 704 g/mol. The SMILES string of the molecule is COC(=O)CN(CC(=O)OC)[C@H]1CC[C@]2(C)[C@H]3C(=O)C=C4[C@@H]5C[C@@](C)(C(=O)OCc6ccccc6)CC[C@]5(C)CC[C@@]4(C)[C@]3(C)CC[C@H]2C1(C)C. The quantitative estimate of drug-likeness (QED) is 0.201. The van der Waals surface area contributed by atoms with Gasteiger partial charge in [-0.1, -0.05) is 77.4 Å². The van der Waals surface area contributed by atoms with E-state index in [9.17, 15) is 19.2 Å². The molecule has 280 valence electrons. The third-order valence-corrected chi connectivity index (χ3v) is 15.8. The smallest absolute Gasteiger partial charge is 0.319 e. The number of ether oxygens (including phenoxy) is 3. The number of esters is 3. The third-order valence-electron chi connectivity index (χ3n) is 15.8. The highest BCUT2D eigenvalue weighted by Gasteiger charge is 2.70. The minimum Gasteiger partial charge on any atom is -0.468 e. The predicted molar refractivity (Wildman–Crippen MR) is 195 cm³/mol. The Morgan fingerprint density at radius 3 is 2.06 bits per heavy atom. The minimum absolute atomic E-state index is 0.0201. The molecule has 1 aromatic rings. The fourth-order valence-corrected chi connectivity index (χ4v) is 12.6. The summed E-state index contributed by atoms with van der Waals surface area (Å²) in [6.45, 7) is 16.5. The van der Waals surface area contributed by atoms with E-state index in [0.717, 1.165) is 56.9 Å². The van der Waals surface area contributed by atoms with Crippen molar-refractivity contribution in [1.82, 2.24) is 4.90 Å². The molecule has 0 heterocycles. The number of fused-ring (bicyclic) bond motifs is 7. The van der Waals surface area contributed by atoms with Crippen LogP contribution in [0.2, 0.25) is 0 Å². The van der Waals surface area contributed by atoms with Crippen LogP contribution in [0.1, 0.15) is 112 Å². The van der Waals surface area contributed by atoms with Crippen molar-refractivity contribution in [3.63, 3.8) is 0 Å². The largest absolute Gasteiger partial charge is 0.468 e. The van der Waals surface area contributed by atoms with E-state index in [-0.39, 0.29) is 94.3 Å². The number of carbonyl (C=O) groups is 4. The summed E-state index contributed by atoms with van der Waals surface area (Å²) >= 11 is 0. The van der Waals surface area contributed by atoms with Crippen molar-refractivity contribution in [3.05, 3.63) is 47.5 Å². The predicted octanol–water partition coefficient (Wildman–Crippen LogP) is 7.73. The number of benzene rings is 1. The first kappa shape index (κ1) is 37.7. The lowest BCUT2D eigenvalue weighted by Gasteiger charge is -2.71. The molecule has 4 fully saturated rings. The summed E-state index contributed by atoms with van der Waals surface area (Å²) in [6, 6.07) is 9.82. The van der Waals surface area contributed by atoms with Crippen LogP contribution < -0.4 is 0 Å². The highest BCUT2D eigenvalue weighted by Crippen LogP contribution is 2.75. The van der Waals surface area contributed by atoms with E-state index in [1.807, 2.05) is 35.2 Å². The van der Waals surface area contributed by atoms with Crippen LogP contribution in [0.25, 0.3) is 0 Å². The van der Waals surface area contributed by atoms with Gasteiger partial charge in [0.05, 0.1) is 32.7 Å². The van der Waals surface area contributed by atoms with Crippen LogP contribution in [0.15, 0.2) is 42.0 Å². The van der Waals surface area contributed by atoms with Crippen molar-refractivity contribution < 1.29 is 33.4 Å². The van der Waals surface area contributed by atoms with Crippen molar-refractivity contribution >= 4 is 23.7 Å². The van der Waals surface area contributed by atoms with E-state index in [0.29, 0.717) is 6.42 Å². The van der Waals surface area contributed by atoms with E-state index in [1.54, 1.807) is 0 Å². The number of carbonyl (C=O) groups excluding carboxylic acids is 4.